The third-order valence-electron chi connectivity index (χ3n) is 5.89. The molecule has 2 N–H and O–H groups in total. The van der Waals surface area contributed by atoms with Crippen LogP contribution in [0.3, 0.4) is 0 Å². The first-order valence-corrected chi connectivity index (χ1v) is 11.8. The number of carbonyl (C=O) groups is 2. The number of carboxylic acid groups (broad SMARTS) is 2. The molecule has 6 nitrogen and oxygen atoms in total. The first kappa shape index (κ1) is 26.6. The van der Waals surface area contributed by atoms with Crippen molar-refractivity contribution in [1.29, 1.82) is 0 Å². The van der Waals surface area contributed by atoms with Crippen molar-refractivity contribution in [2.24, 2.45) is 0 Å². The zero-order chi connectivity index (χ0) is 25.8. The number of carboxylic acids is 2. The molecule has 1 aliphatic heterocycles. The zero-order valence-corrected chi connectivity index (χ0v) is 19.9. The first-order valence-electron chi connectivity index (χ1n) is 11.8. The molecule has 0 aromatic heterocycles. The molecule has 1 heterocycles. The second kappa shape index (κ2) is 13.8. The van der Waals surface area contributed by atoms with Crippen LogP contribution in [0.25, 0.3) is 0 Å². The number of benzene rings is 3. The third-order valence-corrected chi connectivity index (χ3v) is 5.89. The smallest absolute Gasteiger partial charge is 0.328 e. The molecule has 0 radical (unpaired) electrons. The highest BCUT2D eigenvalue weighted by atomic mass is 19.1. The average Bonchev–Trinajstić information content (AvgIpc) is 2.89. The van der Waals surface area contributed by atoms with Crippen LogP contribution in [0.15, 0.2) is 97.1 Å². The molecule has 0 bridgehead atoms. The molecule has 4 rings (SSSR count). The summed E-state index contributed by atoms with van der Waals surface area (Å²) >= 11 is 0. The molecule has 0 unspecified atom stereocenters. The summed E-state index contributed by atoms with van der Waals surface area (Å²) in [6.07, 6.45) is 3.24. The van der Waals surface area contributed by atoms with E-state index in [2.05, 4.69) is 65.6 Å². The SMILES string of the molecule is Fc1ccc(O[C@@H]2CCN(CCc3ccccc3)C[C@H]2c2ccccc2)cc1.O=C(O)C=CC(=O)O. The maximum atomic E-state index is 13.2. The number of piperidine rings is 1. The summed E-state index contributed by atoms with van der Waals surface area (Å²) in [7, 11) is 0. The van der Waals surface area contributed by atoms with Crippen molar-refractivity contribution in [2.45, 2.75) is 24.9 Å². The number of likely N-dealkylation sites (tertiary alicyclic amines) is 1. The van der Waals surface area contributed by atoms with Crippen LogP contribution >= 0.6 is 0 Å². The van der Waals surface area contributed by atoms with Crippen molar-refractivity contribution in [1.82, 2.24) is 4.90 Å². The van der Waals surface area contributed by atoms with Gasteiger partial charge in [0.1, 0.15) is 17.7 Å². The molecule has 3 aromatic rings. The number of ether oxygens (including phenoxy) is 1. The predicted octanol–water partition coefficient (Wildman–Crippen LogP) is 5.02. The van der Waals surface area contributed by atoms with E-state index in [9.17, 15) is 14.0 Å². The lowest BCUT2D eigenvalue weighted by Gasteiger charge is -2.39. The summed E-state index contributed by atoms with van der Waals surface area (Å²) in [5.41, 5.74) is 2.68. The number of halogens is 1. The topological polar surface area (TPSA) is 87.1 Å². The second-order valence-corrected chi connectivity index (χ2v) is 8.46. The molecule has 7 heteroatoms. The van der Waals surface area contributed by atoms with Gasteiger partial charge >= 0.3 is 11.9 Å². The van der Waals surface area contributed by atoms with Crippen LogP contribution in [-0.2, 0) is 16.0 Å². The molecule has 1 aliphatic rings. The molecule has 0 saturated carbocycles. The Balaban J connectivity index is 0.000000392. The summed E-state index contributed by atoms with van der Waals surface area (Å²) in [6, 6.07) is 27.6. The van der Waals surface area contributed by atoms with Gasteiger partial charge < -0.3 is 19.8 Å². The minimum Gasteiger partial charge on any atom is -0.490 e. The largest absolute Gasteiger partial charge is 0.490 e. The average molecular weight is 492 g/mol. The highest BCUT2D eigenvalue weighted by Gasteiger charge is 2.31. The Bertz CT molecular complexity index is 1100. The van der Waals surface area contributed by atoms with Gasteiger partial charge in [-0.05, 0) is 48.2 Å². The van der Waals surface area contributed by atoms with E-state index in [-0.39, 0.29) is 11.9 Å². The van der Waals surface area contributed by atoms with E-state index in [0.29, 0.717) is 18.1 Å². The summed E-state index contributed by atoms with van der Waals surface area (Å²) < 4.78 is 19.5. The van der Waals surface area contributed by atoms with E-state index < -0.39 is 11.9 Å². The number of hydrogen-bond donors (Lipinski definition) is 2. The van der Waals surface area contributed by atoms with E-state index in [1.165, 1.54) is 23.3 Å². The van der Waals surface area contributed by atoms with E-state index in [0.717, 1.165) is 38.2 Å². The number of aliphatic carboxylic acids is 2. The minimum atomic E-state index is -1.26. The Morgan fingerprint density at radius 2 is 1.47 bits per heavy atom. The van der Waals surface area contributed by atoms with Crippen molar-refractivity contribution >= 4 is 11.9 Å². The van der Waals surface area contributed by atoms with Crippen LogP contribution in [0.2, 0.25) is 0 Å². The molecule has 2 atom stereocenters. The molecule has 188 valence electrons. The normalized spacial score (nSPS) is 17.7. The van der Waals surface area contributed by atoms with E-state index in [1.807, 2.05) is 0 Å². The molecule has 0 amide bonds. The van der Waals surface area contributed by atoms with Crippen LogP contribution in [0, 0.1) is 5.82 Å². The molecule has 1 saturated heterocycles. The Labute approximate surface area is 210 Å². The number of rotatable bonds is 8. The van der Waals surface area contributed by atoms with Gasteiger partial charge in [-0.2, -0.15) is 0 Å². The standard InChI is InChI=1S/C25H26FNO.C4H4O4/c26-22-11-13-23(14-12-22)28-25-16-18-27(17-15-20-7-3-1-4-8-20)19-24(25)21-9-5-2-6-10-21;5-3(6)1-2-4(7)8/h1-14,24-25H,15-19H2;1-2H,(H,5,6)(H,7,8)/t24-,25+;/m0./s1. The van der Waals surface area contributed by atoms with Gasteiger partial charge in [-0.3, -0.25) is 0 Å². The van der Waals surface area contributed by atoms with Gasteiger partial charge in [-0.15, -0.1) is 0 Å². The van der Waals surface area contributed by atoms with Gasteiger partial charge in [0.05, 0.1) is 0 Å². The molecule has 1 fully saturated rings. The van der Waals surface area contributed by atoms with Gasteiger partial charge in [0, 0.05) is 37.7 Å². The predicted molar refractivity (Wildman–Crippen MR) is 136 cm³/mol. The Morgan fingerprint density at radius 1 is 0.889 bits per heavy atom. The van der Waals surface area contributed by atoms with Crippen LogP contribution in [0.5, 0.6) is 5.75 Å². The second-order valence-electron chi connectivity index (χ2n) is 8.46. The van der Waals surface area contributed by atoms with Gasteiger partial charge in [-0.25, -0.2) is 14.0 Å². The first-order chi connectivity index (χ1) is 17.4. The molecule has 3 aromatic carbocycles. The molecule has 0 spiro atoms. The molecule has 0 aliphatic carbocycles. The highest BCUT2D eigenvalue weighted by Crippen LogP contribution is 2.31. The fourth-order valence-electron chi connectivity index (χ4n) is 4.12. The zero-order valence-electron chi connectivity index (χ0n) is 19.9. The van der Waals surface area contributed by atoms with Gasteiger partial charge in [0.2, 0.25) is 0 Å². The molecular weight excluding hydrogens is 461 g/mol. The lowest BCUT2D eigenvalue weighted by atomic mass is 9.87. The van der Waals surface area contributed by atoms with E-state index in [4.69, 9.17) is 14.9 Å². The number of hydrogen-bond acceptors (Lipinski definition) is 4. The molecular formula is C29H30FNO5. The van der Waals surface area contributed by atoms with Crippen LogP contribution in [0.1, 0.15) is 23.5 Å². The maximum Gasteiger partial charge on any atom is 0.328 e. The monoisotopic (exact) mass is 491 g/mol. The summed E-state index contributed by atoms with van der Waals surface area (Å²) in [6.45, 7) is 3.04. The fourth-order valence-corrected chi connectivity index (χ4v) is 4.12. The van der Waals surface area contributed by atoms with Crippen LogP contribution < -0.4 is 4.74 Å². The quantitative estimate of drug-likeness (QED) is 0.431. The Kier molecular flexibility index (Phi) is 10.2. The van der Waals surface area contributed by atoms with Crippen molar-refractivity contribution in [3.8, 4) is 5.75 Å². The van der Waals surface area contributed by atoms with Crippen molar-refractivity contribution in [3.05, 3.63) is 114 Å². The third kappa shape index (κ3) is 9.00. The van der Waals surface area contributed by atoms with Crippen LogP contribution in [0.4, 0.5) is 4.39 Å². The lowest BCUT2D eigenvalue weighted by molar-refractivity contribution is -0.134. The van der Waals surface area contributed by atoms with Gasteiger partial charge in [0.15, 0.2) is 0 Å². The van der Waals surface area contributed by atoms with Gasteiger partial charge in [-0.1, -0.05) is 60.7 Å². The van der Waals surface area contributed by atoms with Crippen LogP contribution in [-0.4, -0.2) is 52.8 Å². The summed E-state index contributed by atoms with van der Waals surface area (Å²) in [5, 5.41) is 15.6. The lowest BCUT2D eigenvalue weighted by Crippen LogP contribution is -2.44. The van der Waals surface area contributed by atoms with Crippen molar-refractivity contribution in [2.75, 3.05) is 19.6 Å². The summed E-state index contributed by atoms with van der Waals surface area (Å²) in [5.74, 6) is -1.71. The molecule has 36 heavy (non-hydrogen) atoms. The maximum absolute atomic E-state index is 13.2. The van der Waals surface area contributed by atoms with E-state index >= 15 is 0 Å². The van der Waals surface area contributed by atoms with Crippen molar-refractivity contribution in [3.63, 3.8) is 0 Å². The summed E-state index contributed by atoms with van der Waals surface area (Å²) in [4.78, 5) is 21.6. The Morgan fingerprint density at radius 3 is 2.06 bits per heavy atom. The minimum absolute atomic E-state index is 0.0980. The fraction of sp³-hybridized carbons (Fsp3) is 0.241. The number of nitrogens with zero attached hydrogens (tertiary/aromatic N) is 1. The van der Waals surface area contributed by atoms with Gasteiger partial charge in [0.25, 0.3) is 0 Å². The van der Waals surface area contributed by atoms with Crippen molar-refractivity contribution < 1.29 is 28.9 Å². The van der Waals surface area contributed by atoms with E-state index in [1.54, 1.807) is 12.1 Å². The Hall–Kier alpha value is -3.97. The highest BCUT2D eigenvalue weighted by molar-refractivity contribution is 5.89.